The van der Waals surface area contributed by atoms with E-state index < -0.39 is 17.7 Å². The molecule has 14 heteroatoms. The van der Waals surface area contributed by atoms with Gasteiger partial charge in [0.15, 0.2) is 0 Å². The molecule has 0 radical (unpaired) electrons. The van der Waals surface area contributed by atoms with Crippen molar-refractivity contribution in [3.8, 4) is 22.5 Å². The van der Waals surface area contributed by atoms with E-state index in [2.05, 4.69) is 60.6 Å². The largest absolute Gasteiger partial charge is 0.444 e. The molecule has 4 amide bonds. The smallest absolute Gasteiger partial charge is 0.407 e. The summed E-state index contributed by atoms with van der Waals surface area (Å²) in [5.41, 5.74) is 4.14. The van der Waals surface area contributed by atoms with E-state index in [0.29, 0.717) is 43.0 Å². The first-order valence-corrected chi connectivity index (χ1v) is 19.5. The predicted molar refractivity (Wildman–Crippen MR) is 216 cm³/mol. The van der Waals surface area contributed by atoms with Crippen molar-refractivity contribution >= 4 is 29.5 Å². The highest BCUT2D eigenvalue weighted by atomic mass is 16.6. The molecule has 1 unspecified atom stereocenters. The lowest BCUT2D eigenvalue weighted by Crippen LogP contribution is -2.48. The number of amides is 4. The molecule has 1 saturated carbocycles. The number of carbonyl (C=O) groups is 4. The van der Waals surface area contributed by atoms with Crippen molar-refractivity contribution in [2.24, 2.45) is 11.8 Å². The van der Waals surface area contributed by atoms with E-state index in [1.807, 2.05) is 69.3 Å². The topological polar surface area (TPSA) is 183 Å². The molecule has 0 saturated heterocycles. The Hall–Kier alpha value is -5.63. The highest BCUT2D eigenvalue weighted by molar-refractivity contribution is 5.98. The number of likely N-dealkylation sites (N-methyl/N-ethyl adjacent to an activating group) is 1. The van der Waals surface area contributed by atoms with Crippen LogP contribution in [0.25, 0.3) is 22.5 Å². The lowest BCUT2D eigenvalue weighted by atomic mass is 9.81. The van der Waals surface area contributed by atoms with Gasteiger partial charge in [-0.2, -0.15) is 5.21 Å². The summed E-state index contributed by atoms with van der Waals surface area (Å²) in [5, 5.41) is 25.9. The summed E-state index contributed by atoms with van der Waals surface area (Å²) in [7, 11) is 0. The van der Waals surface area contributed by atoms with Crippen LogP contribution < -0.4 is 21.3 Å². The standard InChI is InChI=1S/C42H55N9O5/c1-6-51(7-2)25-24-43-38(52)33-18-16-31(17-19-33)30-12-8-28(9-13-30)26-36(40(54)45-35-22-20-32(21-23-35)37-47-49-50-48-37)46-39(53)34-14-10-29(11-15-34)27-44-41(55)56-42(3,4)5/h8-9,12-13,16-23,29,34,36H,6-7,10-11,14-15,24-27H2,1-5H3,(H,43,52)(H,44,55)(H,45,54)(H,46,53)(H,47,48,49,50). The summed E-state index contributed by atoms with van der Waals surface area (Å²) in [6, 6.07) is 21.6. The Labute approximate surface area is 328 Å². The third-order valence-corrected chi connectivity index (χ3v) is 10.0. The number of ether oxygens (including phenoxy) is 1. The van der Waals surface area contributed by atoms with Gasteiger partial charge in [-0.3, -0.25) is 14.4 Å². The fourth-order valence-corrected chi connectivity index (χ4v) is 6.74. The Kier molecular flexibility index (Phi) is 14.7. The van der Waals surface area contributed by atoms with E-state index in [-0.39, 0.29) is 36.0 Å². The number of anilines is 1. The zero-order valence-corrected chi connectivity index (χ0v) is 33.1. The Morgan fingerprint density at radius 1 is 0.839 bits per heavy atom. The number of hydrogen-bond donors (Lipinski definition) is 5. The van der Waals surface area contributed by atoms with Gasteiger partial charge in [0.1, 0.15) is 11.6 Å². The minimum atomic E-state index is -0.837. The number of tetrazole rings is 1. The zero-order valence-electron chi connectivity index (χ0n) is 33.1. The zero-order chi connectivity index (χ0) is 40.1. The van der Waals surface area contributed by atoms with Crippen LogP contribution in [0.1, 0.15) is 76.2 Å². The molecule has 1 aromatic heterocycles. The normalized spacial score (nSPS) is 16.1. The van der Waals surface area contributed by atoms with Gasteiger partial charge < -0.3 is 30.9 Å². The van der Waals surface area contributed by atoms with Crippen molar-refractivity contribution in [1.29, 1.82) is 0 Å². The van der Waals surface area contributed by atoms with Crippen LogP contribution in [-0.2, 0) is 20.7 Å². The second kappa shape index (κ2) is 19.8. The van der Waals surface area contributed by atoms with Crippen LogP contribution in [-0.4, -0.2) is 93.7 Å². The van der Waals surface area contributed by atoms with Crippen LogP contribution in [0.5, 0.6) is 0 Å². The van der Waals surface area contributed by atoms with E-state index in [9.17, 15) is 19.2 Å². The first kappa shape index (κ1) is 41.5. The molecule has 0 aliphatic heterocycles. The van der Waals surface area contributed by atoms with Crippen LogP contribution in [0.15, 0.2) is 72.8 Å². The Morgan fingerprint density at radius 3 is 2.05 bits per heavy atom. The van der Waals surface area contributed by atoms with Gasteiger partial charge >= 0.3 is 6.09 Å². The number of hydrogen-bond acceptors (Lipinski definition) is 9. The summed E-state index contributed by atoms with van der Waals surface area (Å²) in [5.74, 6) is -0.158. The molecule has 1 heterocycles. The summed E-state index contributed by atoms with van der Waals surface area (Å²) < 4.78 is 5.36. The highest BCUT2D eigenvalue weighted by Gasteiger charge is 2.30. The van der Waals surface area contributed by atoms with Gasteiger partial charge in [-0.05, 0) is 124 Å². The van der Waals surface area contributed by atoms with Gasteiger partial charge in [-0.15, -0.1) is 10.2 Å². The van der Waals surface area contributed by atoms with Gasteiger partial charge in [0.05, 0.1) is 0 Å². The summed E-state index contributed by atoms with van der Waals surface area (Å²) in [6.07, 6.45) is 2.71. The van der Waals surface area contributed by atoms with Crippen molar-refractivity contribution < 1.29 is 23.9 Å². The maximum Gasteiger partial charge on any atom is 0.407 e. The van der Waals surface area contributed by atoms with Crippen LogP contribution >= 0.6 is 0 Å². The average Bonchev–Trinajstić information content (AvgIpc) is 3.74. The van der Waals surface area contributed by atoms with E-state index in [1.54, 1.807) is 24.3 Å². The third-order valence-electron chi connectivity index (χ3n) is 10.0. The number of nitrogens with one attached hydrogen (secondary N) is 5. The number of alkyl carbamates (subject to hydrolysis) is 1. The van der Waals surface area contributed by atoms with Crippen LogP contribution in [0.4, 0.5) is 10.5 Å². The second-order valence-electron chi connectivity index (χ2n) is 15.2. The van der Waals surface area contributed by atoms with E-state index in [0.717, 1.165) is 54.7 Å². The number of nitrogens with zero attached hydrogens (tertiary/aromatic N) is 4. The summed E-state index contributed by atoms with van der Waals surface area (Å²) >= 11 is 0. The first-order valence-electron chi connectivity index (χ1n) is 19.5. The van der Waals surface area contributed by atoms with Gasteiger partial charge in [-0.1, -0.05) is 50.2 Å². The Bertz CT molecular complexity index is 1860. The predicted octanol–water partition coefficient (Wildman–Crippen LogP) is 5.60. The molecular formula is C42H55N9O5. The highest BCUT2D eigenvalue weighted by Crippen LogP contribution is 2.29. The van der Waals surface area contributed by atoms with E-state index in [1.165, 1.54) is 0 Å². The van der Waals surface area contributed by atoms with E-state index >= 15 is 0 Å². The Morgan fingerprint density at radius 2 is 1.46 bits per heavy atom. The molecule has 1 aliphatic carbocycles. The summed E-state index contributed by atoms with van der Waals surface area (Å²) in [6.45, 7) is 13.5. The molecule has 5 rings (SSSR count). The number of H-pyrrole nitrogens is 1. The van der Waals surface area contributed by atoms with Crippen molar-refractivity contribution in [2.45, 2.75) is 78.4 Å². The third kappa shape index (κ3) is 12.4. The lowest BCUT2D eigenvalue weighted by Gasteiger charge is -2.29. The van der Waals surface area contributed by atoms with Crippen molar-refractivity contribution in [1.82, 2.24) is 41.5 Å². The Balaban J connectivity index is 1.21. The molecule has 1 fully saturated rings. The van der Waals surface area contributed by atoms with Crippen LogP contribution in [0, 0.1) is 11.8 Å². The molecule has 14 nitrogen and oxygen atoms in total. The number of rotatable bonds is 16. The first-order chi connectivity index (χ1) is 26.9. The molecule has 3 aromatic carbocycles. The maximum absolute atomic E-state index is 13.8. The van der Waals surface area contributed by atoms with Crippen LogP contribution in [0.2, 0.25) is 0 Å². The molecule has 298 valence electrons. The van der Waals surface area contributed by atoms with Crippen molar-refractivity contribution in [2.75, 3.05) is 38.0 Å². The fraction of sp³-hybridized carbons (Fsp3) is 0.452. The van der Waals surface area contributed by atoms with Gasteiger partial charge in [0.2, 0.25) is 17.6 Å². The van der Waals surface area contributed by atoms with Gasteiger partial charge in [0, 0.05) is 48.8 Å². The SMILES string of the molecule is CCN(CC)CCNC(=O)c1ccc(-c2ccc(CC(NC(=O)C3CCC(CNC(=O)OC(C)(C)C)CC3)C(=O)Nc3ccc(-c4nn[nH]n4)cc3)cc2)cc1. The van der Waals surface area contributed by atoms with Crippen molar-refractivity contribution in [3.63, 3.8) is 0 Å². The number of aromatic amines is 1. The minimum absolute atomic E-state index is 0.100. The van der Waals surface area contributed by atoms with E-state index in [4.69, 9.17) is 4.74 Å². The molecule has 1 aliphatic rings. The van der Waals surface area contributed by atoms with Crippen LogP contribution in [0.3, 0.4) is 0 Å². The van der Waals surface area contributed by atoms with Gasteiger partial charge in [-0.25, -0.2) is 4.79 Å². The quantitative estimate of drug-likeness (QED) is 0.0969. The maximum atomic E-state index is 13.8. The number of carbonyl (C=O) groups excluding carboxylic acids is 4. The lowest BCUT2D eigenvalue weighted by molar-refractivity contribution is -0.130. The average molecular weight is 766 g/mol. The van der Waals surface area contributed by atoms with Crippen molar-refractivity contribution in [3.05, 3.63) is 83.9 Å². The number of aromatic nitrogens is 4. The molecule has 1 atom stereocenters. The molecular weight excluding hydrogens is 711 g/mol. The molecule has 0 bridgehead atoms. The minimum Gasteiger partial charge on any atom is -0.444 e. The molecule has 5 N–H and O–H groups in total. The number of benzene rings is 3. The fourth-order valence-electron chi connectivity index (χ4n) is 6.74. The molecule has 4 aromatic rings. The van der Waals surface area contributed by atoms with Gasteiger partial charge in [0.25, 0.3) is 5.91 Å². The molecule has 0 spiro atoms. The second-order valence-corrected chi connectivity index (χ2v) is 15.2. The monoisotopic (exact) mass is 765 g/mol. The molecule has 56 heavy (non-hydrogen) atoms. The summed E-state index contributed by atoms with van der Waals surface area (Å²) in [4.78, 5) is 54.5.